The molecule has 1 aromatic rings. The number of ether oxygens (including phenoxy) is 1. The molecule has 0 bridgehead atoms. The van der Waals surface area contributed by atoms with Crippen molar-refractivity contribution in [2.75, 3.05) is 39.3 Å². The average molecular weight is 265 g/mol. The molecule has 0 radical (unpaired) electrons. The predicted octanol–water partition coefficient (Wildman–Crippen LogP) is 0.486. The van der Waals surface area contributed by atoms with Crippen molar-refractivity contribution in [1.29, 1.82) is 0 Å². The average Bonchev–Trinajstić information content (AvgIpc) is 2.87. The van der Waals surface area contributed by atoms with Gasteiger partial charge in [-0.05, 0) is 38.8 Å². The lowest BCUT2D eigenvalue weighted by Crippen LogP contribution is -2.43. The summed E-state index contributed by atoms with van der Waals surface area (Å²) in [5, 5.41) is 10.5. The van der Waals surface area contributed by atoms with Crippen molar-refractivity contribution in [3.63, 3.8) is 0 Å². The largest absolute Gasteiger partial charge is 0.367 e. The van der Waals surface area contributed by atoms with Gasteiger partial charge >= 0.3 is 0 Å². The van der Waals surface area contributed by atoms with Gasteiger partial charge in [-0.25, -0.2) is 4.98 Å². The van der Waals surface area contributed by atoms with Gasteiger partial charge in [-0.2, -0.15) is 5.10 Å². The summed E-state index contributed by atoms with van der Waals surface area (Å²) in [4.78, 5) is 6.90. The quantitative estimate of drug-likeness (QED) is 0.832. The third-order valence-electron chi connectivity index (χ3n) is 4.03. The molecular weight excluding hydrogens is 242 g/mol. The summed E-state index contributed by atoms with van der Waals surface area (Å²) < 4.78 is 5.80. The predicted molar refractivity (Wildman–Crippen MR) is 71.8 cm³/mol. The molecule has 0 amide bonds. The first-order chi connectivity index (χ1) is 9.31. The number of aromatic nitrogens is 3. The molecular formula is C13H23N5O. The van der Waals surface area contributed by atoms with Gasteiger partial charge in [-0.15, -0.1) is 0 Å². The zero-order valence-electron chi connectivity index (χ0n) is 11.6. The Morgan fingerprint density at radius 1 is 1.37 bits per heavy atom. The highest BCUT2D eigenvalue weighted by Crippen LogP contribution is 2.21. The maximum atomic E-state index is 5.80. The maximum Gasteiger partial charge on any atom is 0.180 e. The van der Waals surface area contributed by atoms with E-state index in [-0.39, 0.29) is 6.10 Å². The Bertz CT molecular complexity index is 401. The van der Waals surface area contributed by atoms with Crippen molar-refractivity contribution >= 4 is 0 Å². The van der Waals surface area contributed by atoms with Gasteiger partial charge in [0.2, 0.25) is 0 Å². The molecule has 0 aliphatic carbocycles. The second-order valence-corrected chi connectivity index (χ2v) is 5.59. The van der Waals surface area contributed by atoms with Crippen LogP contribution in [0, 0.1) is 12.8 Å². The van der Waals surface area contributed by atoms with Gasteiger partial charge in [0.05, 0.1) is 6.61 Å². The number of H-pyrrole nitrogens is 1. The first kappa shape index (κ1) is 13.0. The summed E-state index contributed by atoms with van der Waals surface area (Å²) in [5.74, 6) is 2.48. The summed E-state index contributed by atoms with van der Waals surface area (Å²) in [6.07, 6.45) is 2.62. The van der Waals surface area contributed by atoms with E-state index < -0.39 is 0 Å². The Balaban J connectivity index is 1.55. The van der Waals surface area contributed by atoms with E-state index in [0.29, 0.717) is 0 Å². The topological polar surface area (TPSA) is 66.1 Å². The van der Waals surface area contributed by atoms with Crippen LogP contribution in [0.25, 0.3) is 0 Å². The molecule has 3 heterocycles. The minimum Gasteiger partial charge on any atom is -0.367 e. The summed E-state index contributed by atoms with van der Waals surface area (Å²) in [7, 11) is 0. The molecule has 6 nitrogen and oxygen atoms in total. The monoisotopic (exact) mass is 265 g/mol. The Morgan fingerprint density at radius 2 is 2.21 bits per heavy atom. The molecule has 1 aromatic heterocycles. The van der Waals surface area contributed by atoms with Crippen molar-refractivity contribution in [2.45, 2.75) is 25.9 Å². The normalized spacial score (nSPS) is 26.7. The van der Waals surface area contributed by atoms with Crippen LogP contribution in [0.15, 0.2) is 0 Å². The smallest absolute Gasteiger partial charge is 0.180 e. The van der Waals surface area contributed by atoms with Crippen LogP contribution in [-0.4, -0.2) is 59.4 Å². The fraction of sp³-hybridized carbons (Fsp3) is 0.846. The highest BCUT2D eigenvalue weighted by atomic mass is 16.5. The molecule has 0 aromatic carbocycles. The fourth-order valence-corrected chi connectivity index (χ4v) is 2.96. The molecule has 2 saturated heterocycles. The molecule has 2 aliphatic rings. The van der Waals surface area contributed by atoms with Gasteiger partial charge in [0, 0.05) is 19.6 Å². The van der Waals surface area contributed by atoms with E-state index in [1.807, 2.05) is 6.92 Å². The molecule has 6 heteroatoms. The highest BCUT2D eigenvalue weighted by Gasteiger charge is 2.27. The van der Waals surface area contributed by atoms with Crippen LogP contribution in [0.2, 0.25) is 0 Å². The molecule has 0 saturated carbocycles. The summed E-state index contributed by atoms with van der Waals surface area (Å²) >= 11 is 0. The SMILES string of the molecule is Cc1nc(C2CN(CC3CCNCC3)CCO2)n[nH]1. The van der Waals surface area contributed by atoms with Gasteiger partial charge in [-0.3, -0.25) is 10.00 Å². The van der Waals surface area contributed by atoms with Crippen LogP contribution in [0.5, 0.6) is 0 Å². The van der Waals surface area contributed by atoms with Crippen LogP contribution in [0.4, 0.5) is 0 Å². The van der Waals surface area contributed by atoms with Crippen LogP contribution in [-0.2, 0) is 4.74 Å². The molecule has 2 aliphatic heterocycles. The molecule has 19 heavy (non-hydrogen) atoms. The maximum absolute atomic E-state index is 5.80. The number of hydrogen-bond donors (Lipinski definition) is 2. The minimum absolute atomic E-state index is 0.0282. The molecule has 3 rings (SSSR count). The lowest BCUT2D eigenvalue weighted by Gasteiger charge is -2.35. The van der Waals surface area contributed by atoms with Crippen molar-refractivity contribution in [2.24, 2.45) is 5.92 Å². The van der Waals surface area contributed by atoms with Crippen molar-refractivity contribution in [3.05, 3.63) is 11.6 Å². The third kappa shape index (κ3) is 3.32. The third-order valence-corrected chi connectivity index (χ3v) is 4.03. The number of morpholine rings is 1. The molecule has 1 unspecified atom stereocenters. The van der Waals surface area contributed by atoms with Crippen LogP contribution < -0.4 is 5.32 Å². The zero-order chi connectivity index (χ0) is 13.1. The first-order valence-corrected chi connectivity index (χ1v) is 7.25. The summed E-state index contributed by atoms with van der Waals surface area (Å²) in [6.45, 7) is 8.17. The van der Waals surface area contributed by atoms with E-state index >= 15 is 0 Å². The number of piperidine rings is 1. The zero-order valence-corrected chi connectivity index (χ0v) is 11.6. The standard InChI is InChI=1S/C13H23N5O/c1-10-15-13(17-16-10)12-9-18(6-7-19-12)8-11-2-4-14-5-3-11/h11-12,14H,2-9H2,1H3,(H,15,16,17). The Kier molecular flexibility index (Phi) is 4.10. The molecule has 2 N–H and O–H groups in total. The number of rotatable bonds is 3. The highest BCUT2D eigenvalue weighted by molar-refractivity contribution is 4.95. The van der Waals surface area contributed by atoms with E-state index in [1.54, 1.807) is 0 Å². The number of hydrogen-bond acceptors (Lipinski definition) is 5. The fourth-order valence-electron chi connectivity index (χ4n) is 2.96. The number of aryl methyl sites for hydroxylation is 1. The molecule has 0 spiro atoms. The Hall–Kier alpha value is -0.980. The van der Waals surface area contributed by atoms with Gasteiger partial charge in [-0.1, -0.05) is 0 Å². The van der Waals surface area contributed by atoms with Crippen LogP contribution in [0.3, 0.4) is 0 Å². The number of nitrogens with zero attached hydrogens (tertiary/aromatic N) is 3. The van der Waals surface area contributed by atoms with Crippen LogP contribution >= 0.6 is 0 Å². The molecule has 1 atom stereocenters. The van der Waals surface area contributed by atoms with E-state index in [0.717, 1.165) is 37.3 Å². The summed E-state index contributed by atoms with van der Waals surface area (Å²) in [6, 6.07) is 0. The lowest BCUT2D eigenvalue weighted by atomic mass is 9.97. The van der Waals surface area contributed by atoms with E-state index in [2.05, 4.69) is 25.4 Å². The van der Waals surface area contributed by atoms with Crippen molar-refractivity contribution < 1.29 is 4.74 Å². The molecule has 106 valence electrons. The summed E-state index contributed by atoms with van der Waals surface area (Å²) in [5.41, 5.74) is 0. The van der Waals surface area contributed by atoms with Gasteiger partial charge < -0.3 is 10.1 Å². The van der Waals surface area contributed by atoms with Gasteiger partial charge in [0.25, 0.3) is 0 Å². The molecule has 2 fully saturated rings. The number of aromatic amines is 1. The van der Waals surface area contributed by atoms with E-state index in [4.69, 9.17) is 4.74 Å². The Labute approximate surface area is 113 Å². The van der Waals surface area contributed by atoms with Gasteiger partial charge in [0.1, 0.15) is 11.9 Å². The van der Waals surface area contributed by atoms with Gasteiger partial charge in [0.15, 0.2) is 5.82 Å². The number of nitrogens with one attached hydrogen (secondary N) is 2. The first-order valence-electron chi connectivity index (χ1n) is 7.25. The second kappa shape index (κ2) is 5.98. The van der Waals surface area contributed by atoms with E-state index in [9.17, 15) is 0 Å². The lowest BCUT2D eigenvalue weighted by molar-refractivity contribution is -0.0396. The minimum atomic E-state index is 0.0282. The van der Waals surface area contributed by atoms with Crippen LogP contribution in [0.1, 0.15) is 30.6 Å². The Morgan fingerprint density at radius 3 is 2.95 bits per heavy atom. The van der Waals surface area contributed by atoms with Crippen molar-refractivity contribution in [3.8, 4) is 0 Å². The van der Waals surface area contributed by atoms with Crippen molar-refractivity contribution in [1.82, 2.24) is 25.4 Å². The van der Waals surface area contributed by atoms with E-state index in [1.165, 1.54) is 32.5 Å². The second-order valence-electron chi connectivity index (χ2n) is 5.59.